The number of carbonyl (C=O) groups excluding carboxylic acids is 2. The van der Waals surface area contributed by atoms with Gasteiger partial charge in [-0.05, 0) is 43.7 Å². The molecule has 0 aliphatic carbocycles. The second-order valence-corrected chi connectivity index (χ2v) is 6.56. The van der Waals surface area contributed by atoms with Gasteiger partial charge >= 0.3 is 0 Å². The summed E-state index contributed by atoms with van der Waals surface area (Å²) >= 11 is 1.40. The molecule has 3 heterocycles. The summed E-state index contributed by atoms with van der Waals surface area (Å²) in [5.41, 5.74) is 1.06. The highest BCUT2D eigenvalue weighted by molar-refractivity contribution is 7.12. The Bertz CT molecular complexity index is 721. The zero-order valence-electron chi connectivity index (χ0n) is 13.3. The Labute approximate surface area is 139 Å². The zero-order chi connectivity index (χ0) is 16.4. The Kier molecular flexibility index (Phi) is 4.47. The monoisotopic (exact) mass is 332 g/mol. The number of amides is 2. The standard InChI is InChI=1S/C16H20N4O2S/c1-3-20-14(6-7-17-20)19-8-4-5-12(16(19)22)18-15(21)13-9-11(2)10-23-13/h6-7,9-10,12H,3-5,8H2,1-2H3,(H,18,21)/t12-/m0/s1. The summed E-state index contributed by atoms with van der Waals surface area (Å²) in [6.45, 7) is 5.31. The molecule has 1 saturated heterocycles. The minimum atomic E-state index is -0.473. The molecule has 2 amide bonds. The van der Waals surface area contributed by atoms with Crippen LogP contribution >= 0.6 is 11.3 Å². The molecule has 7 heteroatoms. The highest BCUT2D eigenvalue weighted by atomic mass is 32.1. The van der Waals surface area contributed by atoms with Crippen molar-refractivity contribution in [1.82, 2.24) is 15.1 Å². The van der Waals surface area contributed by atoms with Gasteiger partial charge in [-0.3, -0.25) is 14.5 Å². The van der Waals surface area contributed by atoms with Crippen molar-refractivity contribution >= 4 is 29.0 Å². The van der Waals surface area contributed by atoms with Crippen molar-refractivity contribution in [3.05, 3.63) is 34.2 Å². The molecule has 0 bridgehead atoms. The summed E-state index contributed by atoms with van der Waals surface area (Å²) in [6.07, 6.45) is 3.23. The Balaban J connectivity index is 1.74. The maximum Gasteiger partial charge on any atom is 0.262 e. The third-order valence-electron chi connectivity index (χ3n) is 3.97. The van der Waals surface area contributed by atoms with E-state index >= 15 is 0 Å². The molecule has 3 rings (SSSR count). The van der Waals surface area contributed by atoms with Gasteiger partial charge in [0, 0.05) is 19.2 Å². The predicted molar refractivity (Wildman–Crippen MR) is 89.8 cm³/mol. The largest absolute Gasteiger partial charge is 0.340 e. The molecule has 122 valence electrons. The van der Waals surface area contributed by atoms with Crippen LogP contribution in [0, 0.1) is 6.92 Å². The van der Waals surface area contributed by atoms with Crippen LogP contribution in [0.3, 0.4) is 0 Å². The fourth-order valence-corrected chi connectivity index (χ4v) is 3.62. The summed E-state index contributed by atoms with van der Waals surface area (Å²) in [6, 6.07) is 3.21. The number of nitrogens with zero attached hydrogens (tertiary/aromatic N) is 3. The molecule has 0 unspecified atom stereocenters. The number of hydrogen-bond donors (Lipinski definition) is 1. The number of rotatable bonds is 4. The van der Waals surface area contributed by atoms with Crippen LogP contribution in [0.25, 0.3) is 0 Å². The average Bonchev–Trinajstić information content (AvgIpc) is 3.18. The normalized spacial score (nSPS) is 18.3. The molecule has 1 aliphatic heterocycles. The van der Waals surface area contributed by atoms with Crippen LogP contribution in [0.15, 0.2) is 23.7 Å². The lowest BCUT2D eigenvalue weighted by molar-refractivity contribution is -0.121. The van der Waals surface area contributed by atoms with Gasteiger partial charge in [0.25, 0.3) is 11.8 Å². The highest BCUT2D eigenvalue weighted by Crippen LogP contribution is 2.21. The molecule has 0 saturated carbocycles. The topological polar surface area (TPSA) is 67.2 Å². The van der Waals surface area contributed by atoms with E-state index in [0.717, 1.165) is 17.8 Å². The van der Waals surface area contributed by atoms with Gasteiger partial charge in [0.2, 0.25) is 0 Å². The van der Waals surface area contributed by atoms with Crippen molar-refractivity contribution in [2.45, 2.75) is 39.3 Å². The lowest BCUT2D eigenvalue weighted by atomic mass is 10.0. The van der Waals surface area contributed by atoms with Crippen molar-refractivity contribution in [3.8, 4) is 0 Å². The Hall–Kier alpha value is -2.15. The van der Waals surface area contributed by atoms with E-state index in [2.05, 4.69) is 10.4 Å². The molecule has 0 aromatic carbocycles. The first kappa shape index (κ1) is 15.7. The summed E-state index contributed by atoms with van der Waals surface area (Å²) in [7, 11) is 0. The minimum absolute atomic E-state index is 0.0620. The Morgan fingerprint density at radius 1 is 1.52 bits per heavy atom. The van der Waals surface area contributed by atoms with E-state index < -0.39 is 6.04 Å². The van der Waals surface area contributed by atoms with E-state index in [1.54, 1.807) is 15.8 Å². The predicted octanol–water partition coefficient (Wildman–Crippen LogP) is 2.20. The third kappa shape index (κ3) is 3.14. The van der Waals surface area contributed by atoms with Crippen LogP contribution in [0.2, 0.25) is 0 Å². The van der Waals surface area contributed by atoms with Crippen molar-refractivity contribution < 1.29 is 9.59 Å². The van der Waals surface area contributed by atoms with Crippen molar-refractivity contribution in [2.24, 2.45) is 0 Å². The van der Waals surface area contributed by atoms with Crippen LogP contribution in [0.1, 0.15) is 35.0 Å². The first-order valence-electron chi connectivity index (χ1n) is 7.79. The number of anilines is 1. The number of carbonyl (C=O) groups is 2. The first-order chi connectivity index (χ1) is 11.1. The smallest absolute Gasteiger partial charge is 0.262 e. The number of nitrogens with one attached hydrogen (secondary N) is 1. The van der Waals surface area contributed by atoms with Gasteiger partial charge in [0.1, 0.15) is 11.9 Å². The van der Waals surface area contributed by atoms with E-state index in [1.807, 2.05) is 31.4 Å². The maximum atomic E-state index is 12.7. The minimum Gasteiger partial charge on any atom is -0.340 e. The van der Waals surface area contributed by atoms with Gasteiger partial charge < -0.3 is 5.32 Å². The maximum absolute atomic E-state index is 12.7. The van der Waals surface area contributed by atoms with Crippen LogP contribution in [-0.2, 0) is 11.3 Å². The summed E-state index contributed by atoms with van der Waals surface area (Å²) in [5.74, 6) is 0.559. The fourth-order valence-electron chi connectivity index (χ4n) is 2.81. The van der Waals surface area contributed by atoms with Gasteiger partial charge in [-0.2, -0.15) is 5.10 Å². The lowest BCUT2D eigenvalue weighted by Crippen LogP contribution is -2.52. The molecule has 1 N–H and O–H groups in total. The molecule has 2 aromatic heterocycles. The van der Waals surface area contributed by atoms with Crippen LogP contribution in [0.4, 0.5) is 5.82 Å². The van der Waals surface area contributed by atoms with Gasteiger partial charge in [-0.15, -0.1) is 11.3 Å². The van der Waals surface area contributed by atoms with Crippen LogP contribution in [0.5, 0.6) is 0 Å². The number of hydrogen-bond acceptors (Lipinski definition) is 4. The Morgan fingerprint density at radius 2 is 2.35 bits per heavy atom. The molecule has 1 aliphatic rings. The zero-order valence-corrected chi connectivity index (χ0v) is 14.1. The summed E-state index contributed by atoms with van der Waals surface area (Å²) in [4.78, 5) is 27.4. The number of aryl methyl sites for hydroxylation is 2. The molecular weight excluding hydrogens is 312 g/mol. The highest BCUT2D eigenvalue weighted by Gasteiger charge is 2.32. The van der Waals surface area contributed by atoms with E-state index in [4.69, 9.17) is 0 Å². The SMILES string of the molecule is CCn1nccc1N1CCC[C@H](NC(=O)c2cc(C)cs2)C1=O. The molecule has 2 aromatic rings. The van der Waals surface area contributed by atoms with E-state index in [-0.39, 0.29) is 11.8 Å². The number of piperidine rings is 1. The van der Waals surface area contributed by atoms with Crippen molar-refractivity contribution in [1.29, 1.82) is 0 Å². The average molecular weight is 332 g/mol. The summed E-state index contributed by atoms with van der Waals surface area (Å²) < 4.78 is 1.80. The second-order valence-electron chi connectivity index (χ2n) is 5.65. The third-order valence-corrected chi connectivity index (χ3v) is 5.02. The number of aromatic nitrogens is 2. The lowest BCUT2D eigenvalue weighted by Gasteiger charge is -2.32. The fraction of sp³-hybridized carbons (Fsp3) is 0.438. The molecule has 1 atom stereocenters. The van der Waals surface area contributed by atoms with E-state index in [1.165, 1.54) is 11.3 Å². The van der Waals surface area contributed by atoms with Crippen LogP contribution < -0.4 is 10.2 Å². The van der Waals surface area contributed by atoms with Gasteiger partial charge in [-0.1, -0.05) is 0 Å². The quantitative estimate of drug-likeness (QED) is 0.933. The van der Waals surface area contributed by atoms with Gasteiger partial charge in [0.15, 0.2) is 0 Å². The van der Waals surface area contributed by atoms with Gasteiger partial charge in [0.05, 0.1) is 11.1 Å². The molecule has 0 radical (unpaired) electrons. The molecular formula is C16H20N4O2S. The van der Waals surface area contributed by atoms with Crippen molar-refractivity contribution in [2.75, 3.05) is 11.4 Å². The molecule has 0 spiro atoms. The summed E-state index contributed by atoms with van der Waals surface area (Å²) in [5, 5.41) is 9.03. The van der Waals surface area contributed by atoms with Crippen LogP contribution in [-0.4, -0.2) is 34.2 Å². The molecule has 6 nitrogen and oxygen atoms in total. The second kappa shape index (κ2) is 6.54. The molecule has 1 fully saturated rings. The first-order valence-corrected chi connectivity index (χ1v) is 8.67. The van der Waals surface area contributed by atoms with Gasteiger partial charge in [-0.25, -0.2) is 4.68 Å². The number of thiophene rings is 1. The van der Waals surface area contributed by atoms with E-state index in [9.17, 15) is 9.59 Å². The molecule has 23 heavy (non-hydrogen) atoms. The van der Waals surface area contributed by atoms with E-state index in [0.29, 0.717) is 24.4 Å². The Morgan fingerprint density at radius 3 is 3.04 bits per heavy atom. The van der Waals surface area contributed by atoms with Crippen molar-refractivity contribution in [3.63, 3.8) is 0 Å².